The fourth-order valence-electron chi connectivity index (χ4n) is 3.71. The molecule has 0 saturated carbocycles. The van der Waals surface area contributed by atoms with Crippen LogP contribution in [0.2, 0.25) is 0 Å². The van der Waals surface area contributed by atoms with Crippen molar-refractivity contribution in [1.82, 2.24) is 4.31 Å². The second-order valence-electron chi connectivity index (χ2n) is 8.05. The predicted molar refractivity (Wildman–Crippen MR) is 118 cm³/mol. The Morgan fingerprint density at radius 1 is 0.933 bits per heavy atom. The lowest BCUT2D eigenvalue weighted by atomic mass is 9.84. The van der Waals surface area contributed by atoms with Gasteiger partial charge in [0, 0.05) is 37.4 Å². The molecule has 0 radical (unpaired) electrons. The van der Waals surface area contributed by atoms with E-state index in [4.69, 9.17) is 10.5 Å². The average molecular weight is 431 g/mol. The number of unbranched alkanes of at least 4 members (excludes halogenated alkanes) is 8. The van der Waals surface area contributed by atoms with Crippen LogP contribution in [-0.2, 0) is 10.0 Å². The third-order valence-electron chi connectivity index (χ3n) is 5.95. The van der Waals surface area contributed by atoms with Gasteiger partial charge in [-0.25, -0.2) is 12.7 Å². The molecule has 0 bridgehead atoms. The zero-order valence-corrected chi connectivity index (χ0v) is 19.1. The van der Waals surface area contributed by atoms with Crippen LogP contribution < -0.4 is 0 Å². The minimum Gasteiger partial charge on any atom is -0.211 e. The molecule has 0 aromatic heterocycles. The normalized spacial score (nSPS) is 20.9. The van der Waals surface area contributed by atoms with E-state index in [0.717, 1.165) is 51.4 Å². The van der Waals surface area contributed by atoms with Gasteiger partial charge in [0.15, 0.2) is 0 Å². The Hall–Kier alpha value is -2.14. The van der Waals surface area contributed by atoms with Gasteiger partial charge in [0.1, 0.15) is 4.75 Å². The molecule has 0 saturated heterocycles. The van der Waals surface area contributed by atoms with E-state index >= 15 is 0 Å². The van der Waals surface area contributed by atoms with Gasteiger partial charge in [0.05, 0.1) is 18.2 Å². The maximum absolute atomic E-state index is 13.7. The summed E-state index contributed by atoms with van der Waals surface area (Å²) in [5, 5.41) is 26.7. The molecule has 0 heterocycles. The highest BCUT2D eigenvalue weighted by molar-refractivity contribution is 7.90. The van der Waals surface area contributed by atoms with E-state index in [0.29, 0.717) is 31.5 Å². The van der Waals surface area contributed by atoms with E-state index in [1.54, 1.807) is 36.4 Å². The summed E-state index contributed by atoms with van der Waals surface area (Å²) in [7, 11) is -3.66. The molecule has 0 amide bonds. The third kappa shape index (κ3) is 6.98. The molecule has 30 heavy (non-hydrogen) atoms. The van der Waals surface area contributed by atoms with Gasteiger partial charge in [-0.1, -0.05) is 44.8 Å². The molecule has 7 heteroatoms. The first kappa shape index (κ1) is 25.9. The Balaban J connectivity index is 2.86. The van der Waals surface area contributed by atoms with Crippen molar-refractivity contribution in [2.45, 2.75) is 82.8 Å². The summed E-state index contributed by atoms with van der Waals surface area (Å²) in [4.78, 5) is 0. The maximum Gasteiger partial charge on any atom is 0.223 e. The molecule has 0 aromatic carbocycles. The molecule has 2 unspecified atom stereocenters. The molecule has 1 rings (SSSR count). The molecule has 0 aliphatic heterocycles. The highest BCUT2D eigenvalue weighted by atomic mass is 32.2. The van der Waals surface area contributed by atoms with Crippen molar-refractivity contribution in [1.29, 1.82) is 15.8 Å². The van der Waals surface area contributed by atoms with E-state index < -0.39 is 20.7 Å². The van der Waals surface area contributed by atoms with Crippen LogP contribution in [0.15, 0.2) is 23.8 Å². The Labute approximate surface area is 182 Å². The highest BCUT2D eigenvalue weighted by Gasteiger charge is 2.47. The first-order chi connectivity index (χ1) is 14.3. The Morgan fingerprint density at radius 3 is 1.90 bits per heavy atom. The lowest BCUT2D eigenvalue weighted by Crippen LogP contribution is -2.50. The molecule has 0 aromatic rings. The van der Waals surface area contributed by atoms with E-state index in [-0.39, 0.29) is 0 Å². The van der Waals surface area contributed by atoms with Crippen LogP contribution >= 0.6 is 0 Å². The number of sulfonamides is 1. The molecule has 0 fully saturated rings. The van der Waals surface area contributed by atoms with Crippen molar-refractivity contribution in [2.24, 2.45) is 5.92 Å². The van der Waals surface area contributed by atoms with E-state index in [1.165, 1.54) is 0 Å². The summed E-state index contributed by atoms with van der Waals surface area (Å²) < 4.78 is 27.8. The number of hydrogen-bond acceptors (Lipinski definition) is 5. The third-order valence-corrected chi connectivity index (χ3v) is 8.59. The molecule has 1 aliphatic rings. The van der Waals surface area contributed by atoms with Crippen molar-refractivity contribution in [3.63, 3.8) is 0 Å². The van der Waals surface area contributed by atoms with Gasteiger partial charge >= 0.3 is 0 Å². The quantitative estimate of drug-likeness (QED) is 0.361. The number of nitriles is 3. The van der Waals surface area contributed by atoms with Crippen LogP contribution in [0.1, 0.15) is 78.1 Å². The van der Waals surface area contributed by atoms with Crippen LogP contribution in [0, 0.1) is 39.9 Å². The van der Waals surface area contributed by atoms with Gasteiger partial charge in [-0.15, -0.1) is 0 Å². The molecule has 1 aliphatic carbocycles. The largest absolute Gasteiger partial charge is 0.223 e. The summed E-state index contributed by atoms with van der Waals surface area (Å²) >= 11 is 0. The van der Waals surface area contributed by atoms with E-state index in [9.17, 15) is 13.7 Å². The summed E-state index contributed by atoms with van der Waals surface area (Å²) in [5.74, 6) is -0.411. The number of hydrogen-bond donors (Lipinski definition) is 0. The number of nitrogens with zero attached hydrogens (tertiary/aromatic N) is 4. The van der Waals surface area contributed by atoms with Crippen molar-refractivity contribution in [3.8, 4) is 18.2 Å². The molecule has 164 valence electrons. The predicted octanol–water partition coefficient (Wildman–Crippen LogP) is 4.98. The zero-order valence-electron chi connectivity index (χ0n) is 18.3. The van der Waals surface area contributed by atoms with Crippen molar-refractivity contribution >= 4 is 10.0 Å². The molecule has 0 spiro atoms. The summed E-state index contributed by atoms with van der Waals surface area (Å²) in [6, 6.07) is 6.41. The molecular formula is C23H34N4O2S. The smallest absolute Gasteiger partial charge is 0.211 e. The van der Waals surface area contributed by atoms with E-state index in [2.05, 4.69) is 18.2 Å². The van der Waals surface area contributed by atoms with Gasteiger partial charge < -0.3 is 0 Å². The average Bonchev–Trinajstić information content (AvgIpc) is 2.73. The SMILES string of the molecule is CC1C(C#N)=CC=CC1(C)S(=O)(=O)N(CCCCCCC#N)CCCCCCC#N. The van der Waals surface area contributed by atoms with Crippen LogP contribution in [0.3, 0.4) is 0 Å². The first-order valence-corrected chi connectivity index (χ1v) is 12.3. The van der Waals surface area contributed by atoms with Crippen LogP contribution in [0.5, 0.6) is 0 Å². The van der Waals surface area contributed by atoms with Crippen LogP contribution in [0.25, 0.3) is 0 Å². The van der Waals surface area contributed by atoms with E-state index in [1.807, 2.05) is 0 Å². The fourth-order valence-corrected chi connectivity index (χ4v) is 5.83. The summed E-state index contributed by atoms with van der Waals surface area (Å²) in [5.41, 5.74) is 0.483. The monoisotopic (exact) mass is 430 g/mol. The van der Waals surface area contributed by atoms with Gasteiger partial charge in [-0.3, -0.25) is 0 Å². The number of allylic oxidation sites excluding steroid dienone is 3. The molecule has 6 nitrogen and oxygen atoms in total. The van der Waals surface area contributed by atoms with Gasteiger partial charge in [-0.05, 0) is 38.7 Å². The summed E-state index contributed by atoms with van der Waals surface area (Å²) in [6.07, 6.45) is 13.0. The van der Waals surface area contributed by atoms with Gasteiger partial charge in [0.2, 0.25) is 10.0 Å². The Kier molecular flexibility index (Phi) is 11.4. The fraction of sp³-hybridized carbons (Fsp3) is 0.696. The Morgan fingerprint density at radius 2 is 1.43 bits per heavy atom. The van der Waals surface area contributed by atoms with Crippen molar-refractivity contribution < 1.29 is 8.42 Å². The standard InChI is InChI=1S/C23H34N4O2S/c1-21-22(20-26)14-13-15-23(21,2)30(28,29)27(18-11-7-3-5-9-16-24)19-12-8-4-6-10-17-25/h13-15,21H,3-12,18-19H2,1-2H3. The molecular weight excluding hydrogens is 396 g/mol. The number of rotatable bonds is 14. The van der Waals surface area contributed by atoms with Crippen molar-refractivity contribution in [3.05, 3.63) is 23.8 Å². The zero-order chi connectivity index (χ0) is 22.5. The summed E-state index contributed by atoms with van der Waals surface area (Å²) in [6.45, 7) is 4.42. The minimum atomic E-state index is -3.66. The second kappa shape index (κ2) is 13.2. The lowest BCUT2D eigenvalue weighted by Gasteiger charge is -2.38. The lowest BCUT2D eigenvalue weighted by molar-refractivity contribution is 0.363. The maximum atomic E-state index is 13.7. The first-order valence-electron chi connectivity index (χ1n) is 10.9. The van der Waals surface area contributed by atoms with Gasteiger partial charge in [0.25, 0.3) is 0 Å². The molecule has 0 N–H and O–H groups in total. The van der Waals surface area contributed by atoms with Crippen LogP contribution in [-0.4, -0.2) is 30.6 Å². The topological polar surface area (TPSA) is 109 Å². The molecule has 2 atom stereocenters. The Bertz CT molecular complexity index is 801. The highest BCUT2D eigenvalue weighted by Crippen LogP contribution is 2.38. The van der Waals surface area contributed by atoms with Gasteiger partial charge in [-0.2, -0.15) is 15.8 Å². The second-order valence-corrected chi connectivity index (χ2v) is 10.4. The van der Waals surface area contributed by atoms with Crippen molar-refractivity contribution in [2.75, 3.05) is 13.1 Å². The van der Waals surface area contributed by atoms with Crippen LogP contribution in [0.4, 0.5) is 0 Å². The minimum absolute atomic E-state index is 0.411.